The highest BCUT2D eigenvalue weighted by molar-refractivity contribution is 5.95. The number of carbonyl (C=O) groups is 2. The van der Waals surface area contributed by atoms with Crippen molar-refractivity contribution in [1.29, 1.82) is 0 Å². The van der Waals surface area contributed by atoms with E-state index in [0.29, 0.717) is 40.8 Å². The first-order valence-corrected chi connectivity index (χ1v) is 10.5. The Kier molecular flexibility index (Phi) is 4.85. The number of nitrogen functional groups attached to an aromatic ring is 1. The molecule has 1 aliphatic rings. The zero-order valence-electron chi connectivity index (χ0n) is 17.3. The van der Waals surface area contributed by atoms with Crippen LogP contribution in [-0.4, -0.2) is 38.8 Å². The van der Waals surface area contributed by atoms with Crippen molar-refractivity contribution in [2.45, 2.75) is 25.3 Å². The number of benzene rings is 2. The molecule has 0 saturated heterocycles. The summed E-state index contributed by atoms with van der Waals surface area (Å²) in [4.78, 5) is 32.7. The summed E-state index contributed by atoms with van der Waals surface area (Å²) in [5.74, 6) is 0.0904. The number of primary amides is 1. The molecule has 2 amide bonds. The molecule has 2 heterocycles. The van der Waals surface area contributed by atoms with Crippen LogP contribution in [0.2, 0.25) is 0 Å². The number of fused-ring (bicyclic) bond motifs is 3. The number of rotatable bonds is 7. The molecular weight excluding hydrogens is 406 g/mol. The molecule has 0 unspecified atom stereocenters. The second kappa shape index (κ2) is 7.84. The van der Waals surface area contributed by atoms with Gasteiger partial charge in [-0.1, -0.05) is 12.1 Å². The van der Waals surface area contributed by atoms with Crippen molar-refractivity contribution in [1.82, 2.24) is 19.7 Å². The second-order valence-electron chi connectivity index (χ2n) is 7.98. The standard InChI is InChI=1S/C23H23N7O2/c24-15-5-8-18-17(11-15)29-21(26-10-9-20(25)31)22-27-12-19(30(18)22)13-1-3-14(4-2-13)23(32)28-16-6-7-16/h1-5,8,11-12,16H,6-7,9-10,24H2,(H2,25,31)(H,26,29)(H,28,32). The highest BCUT2D eigenvalue weighted by Crippen LogP contribution is 2.29. The quantitative estimate of drug-likeness (QED) is 0.332. The lowest BCUT2D eigenvalue weighted by Crippen LogP contribution is -2.25. The Balaban J connectivity index is 1.57. The summed E-state index contributed by atoms with van der Waals surface area (Å²) in [5, 5.41) is 6.16. The molecule has 9 nitrogen and oxygen atoms in total. The third kappa shape index (κ3) is 3.80. The Morgan fingerprint density at radius 3 is 2.62 bits per heavy atom. The van der Waals surface area contributed by atoms with Gasteiger partial charge >= 0.3 is 0 Å². The van der Waals surface area contributed by atoms with Crippen LogP contribution in [0.4, 0.5) is 11.5 Å². The number of aromatic nitrogens is 3. The first kappa shape index (κ1) is 19.8. The maximum absolute atomic E-state index is 12.3. The van der Waals surface area contributed by atoms with E-state index >= 15 is 0 Å². The first-order chi connectivity index (χ1) is 15.5. The number of nitrogens with one attached hydrogen (secondary N) is 2. The van der Waals surface area contributed by atoms with E-state index in [1.807, 2.05) is 40.8 Å². The van der Waals surface area contributed by atoms with Gasteiger partial charge in [0.25, 0.3) is 5.91 Å². The number of carbonyl (C=O) groups excluding carboxylic acids is 2. The van der Waals surface area contributed by atoms with Crippen LogP contribution in [0.1, 0.15) is 29.6 Å². The van der Waals surface area contributed by atoms with Gasteiger partial charge in [-0.25, -0.2) is 9.97 Å². The van der Waals surface area contributed by atoms with E-state index in [-0.39, 0.29) is 12.3 Å². The van der Waals surface area contributed by atoms with Crippen molar-refractivity contribution >= 4 is 40.0 Å². The van der Waals surface area contributed by atoms with Crippen molar-refractivity contribution in [3.05, 3.63) is 54.2 Å². The summed E-state index contributed by atoms with van der Waals surface area (Å²) in [6.45, 7) is 0.346. The van der Waals surface area contributed by atoms with Gasteiger partial charge in [0.15, 0.2) is 11.5 Å². The molecule has 162 valence electrons. The van der Waals surface area contributed by atoms with Gasteiger partial charge in [-0.2, -0.15) is 0 Å². The molecule has 32 heavy (non-hydrogen) atoms. The van der Waals surface area contributed by atoms with Crippen LogP contribution in [0, 0.1) is 0 Å². The highest BCUT2D eigenvalue weighted by Gasteiger charge is 2.24. The summed E-state index contributed by atoms with van der Waals surface area (Å²) in [6.07, 6.45) is 4.05. The minimum absolute atomic E-state index is 0.0525. The second-order valence-corrected chi connectivity index (χ2v) is 7.98. The Morgan fingerprint density at radius 1 is 1.12 bits per heavy atom. The molecule has 0 aliphatic heterocycles. The Morgan fingerprint density at radius 2 is 1.91 bits per heavy atom. The van der Waals surface area contributed by atoms with Crippen LogP contribution < -0.4 is 22.1 Å². The Labute approximate surface area is 183 Å². The number of nitrogens with zero attached hydrogens (tertiary/aromatic N) is 3. The van der Waals surface area contributed by atoms with Crippen LogP contribution >= 0.6 is 0 Å². The fourth-order valence-corrected chi connectivity index (χ4v) is 3.67. The van der Waals surface area contributed by atoms with E-state index < -0.39 is 5.91 Å². The smallest absolute Gasteiger partial charge is 0.251 e. The van der Waals surface area contributed by atoms with Crippen molar-refractivity contribution < 1.29 is 9.59 Å². The zero-order chi connectivity index (χ0) is 22.2. The van der Waals surface area contributed by atoms with E-state index in [1.165, 1.54) is 0 Å². The minimum atomic E-state index is -0.395. The number of anilines is 2. The number of hydrogen-bond donors (Lipinski definition) is 4. The van der Waals surface area contributed by atoms with Gasteiger partial charge in [-0.15, -0.1) is 0 Å². The molecule has 1 fully saturated rings. The van der Waals surface area contributed by atoms with Crippen molar-refractivity contribution in [2.75, 3.05) is 17.6 Å². The van der Waals surface area contributed by atoms with E-state index in [1.54, 1.807) is 12.3 Å². The Bertz CT molecular complexity index is 1340. The molecule has 0 atom stereocenters. The van der Waals surface area contributed by atoms with E-state index in [2.05, 4.69) is 20.6 Å². The fourth-order valence-electron chi connectivity index (χ4n) is 3.67. The molecular formula is C23H23N7O2. The lowest BCUT2D eigenvalue weighted by Gasteiger charge is -2.12. The van der Waals surface area contributed by atoms with Gasteiger partial charge in [0.2, 0.25) is 5.91 Å². The van der Waals surface area contributed by atoms with Crippen molar-refractivity contribution in [3.63, 3.8) is 0 Å². The summed E-state index contributed by atoms with van der Waals surface area (Å²) in [5.41, 5.74) is 16.4. The van der Waals surface area contributed by atoms with Gasteiger partial charge < -0.3 is 22.1 Å². The molecule has 9 heteroatoms. The number of nitrogens with two attached hydrogens (primary N) is 2. The fraction of sp³-hybridized carbons (Fsp3) is 0.217. The SMILES string of the molecule is NC(=O)CCNc1nc2cc(N)ccc2n2c(-c3ccc(C(=O)NC4CC4)cc3)cnc12. The van der Waals surface area contributed by atoms with Crippen molar-refractivity contribution in [2.24, 2.45) is 5.73 Å². The molecule has 1 saturated carbocycles. The lowest BCUT2D eigenvalue weighted by molar-refractivity contribution is -0.117. The van der Waals surface area contributed by atoms with Gasteiger partial charge in [-0.05, 0) is 43.2 Å². The van der Waals surface area contributed by atoms with E-state index in [9.17, 15) is 9.59 Å². The average molecular weight is 429 g/mol. The molecule has 4 aromatic rings. The number of imidazole rings is 1. The first-order valence-electron chi connectivity index (χ1n) is 10.5. The van der Waals surface area contributed by atoms with Crippen LogP contribution in [0.5, 0.6) is 0 Å². The third-order valence-corrected chi connectivity index (χ3v) is 5.47. The van der Waals surface area contributed by atoms with Gasteiger partial charge in [0.1, 0.15) is 0 Å². The molecule has 1 aliphatic carbocycles. The average Bonchev–Trinajstić information content (AvgIpc) is 3.47. The largest absolute Gasteiger partial charge is 0.399 e. The van der Waals surface area contributed by atoms with Crippen LogP contribution in [0.3, 0.4) is 0 Å². The molecule has 5 rings (SSSR count). The van der Waals surface area contributed by atoms with Crippen LogP contribution in [0.15, 0.2) is 48.7 Å². The van der Waals surface area contributed by atoms with Crippen LogP contribution in [-0.2, 0) is 4.79 Å². The highest BCUT2D eigenvalue weighted by atomic mass is 16.2. The van der Waals surface area contributed by atoms with Gasteiger partial charge in [0, 0.05) is 35.8 Å². The summed E-state index contributed by atoms with van der Waals surface area (Å²) in [6, 6.07) is 13.3. The maximum atomic E-state index is 12.3. The zero-order valence-corrected chi connectivity index (χ0v) is 17.3. The Hall–Kier alpha value is -4.14. The van der Waals surface area contributed by atoms with Gasteiger partial charge in [0.05, 0.1) is 22.9 Å². The van der Waals surface area contributed by atoms with E-state index in [4.69, 9.17) is 11.5 Å². The molecule has 0 bridgehead atoms. The normalized spacial score (nSPS) is 13.4. The summed E-state index contributed by atoms with van der Waals surface area (Å²) < 4.78 is 1.99. The molecule has 0 spiro atoms. The molecule has 2 aromatic carbocycles. The maximum Gasteiger partial charge on any atom is 0.251 e. The lowest BCUT2D eigenvalue weighted by atomic mass is 10.1. The predicted octanol–water partition coefficient (Wildman–Crippen LogP) is 2.31. The molecule has 6 N–H and O–H groups in total. The van der Waals surface area contributed by atoms with Gasteiger partial charge in [-0.3, -0.25) is 14.0 Å². The summed E-state index contributed by atoms with van der Waals surface area (Å²) in [7, 11) is 0. The third-order valence-electron chi connectivity index (χ3n) is 5.47. The molecule has 0 radical (unpaired) electrons. The monoisotopic (exact) mass is 429 g/mol. The molecule has 2 aromatic heterocycles. The van der Waals surface area contributed by atoms with Crippen molar-refractivity contribution in [3.8, 4) is 11.3 Å². The predicted molar refractivity (Wildman–Crippen MR) is 123 cm³/mol. The summed E-state index contributed by atoms with van der Waals surface area (Å²) >= 11 is 0. The van der Waals surface area contributed by atoms with Crippen LogP contribution in [0.25, 0.3) is 27.9 Å². The topological polar surface area (TPSA) is 140 Å². The minimum Gasteiger partial charge on any atom is -0.399 e. The van der Waals surface area contributed by atoms with E-state index in [0.717, 1.165) is 29.6 Å². The number of amides is 2. The number of hydrogen-bond acceptors (Lipinski definition) is 6.